The number of nitrogens with zero attached hydrogens (tertiary/aromatic N) is 2. The van der Waals surface area contributed by atoms with Crippen LogP contribution < -0.4 is 14.4 Å². The number of piperazine rings is 1. The van der Waals surface area contributed by atoms with E-state index in [9.17, 15) is 0 Å². The molecule has 1 fully saturated rings. The molecule has 0 amide bonds. The van der Waals surface area contributed by atoms with E-state index >= 15 is 0 Å². The summed E-state index contributed by atoms with van der Waals surface area (Å²) in [4.78, 5) is 4.73. The van der Waals surface area contributed by atoms with Gasteiger partial charge < -0.3 is 19.5 Å². The van der Waals surface area contributed by atoms with Crippen LogP contribution in [0, 0.1) is 0 Å². The van der Waals surface area contributed by atoms with Gasteiger partial charge in [-0.05, 0) is 18.6 Å². The molecule has 1 aliphatic rings. The van der Waals surface area contributed by atoms with Crippen molar-refractivity contribution in [2.75, 3.05) is 58.5 Å². The molecule has 0 radical (unpaired) electrons. The van der Waals surface area contributed by atoms with Crippen LogP contribution in [0.15, 0.2) is 18.2 Å². The Morgan fingerprint density at radius 2 is 1.85 bits per heavy atom. The first-order valence-corrected chi connectivity index (χ1v) is 7.08. The van der Waals surface area contributed by atoms with Gasteiger partial charge in [-0.2, -0.15) is 0 Å². The van der Waals surface area contributed by atoms with Crippen molar-refractivity contribution in [1.29, 1.82) is 0 Å². The summed E-state index contributed by atoms with van der Waals surface area (Å²) in [5.74, 6) is 1.67. The van der Waals surface area contributed by atoms with Crippen LogP contribution in [0.25, 0.3) is 0 Å². The van der Waals surface area contributed by atoms with Crippen molar-refractivity contribution in [2.24, 2.45) is 0 Å². The van der Waals surface area contributed by atoms with Crippen molar-refractivity contribution in [2.45, 2.75) is 6.42 Å². The van der Waals surface area contributed by atoms with E-state index in [1.807, 2.05) is 12.1 Å². The summed E-state index contributed by atoms with van der Waals surface area (Å²) in [6.07, 6.45) is 0.853. The van der Waals surface area contributed by atoms with Crippen molar-refractivity contribution in [3.05, 3.63) is 18.2 Å². The van der Waals surface area contributed by atoms with Crippen molar-refractivity contribution in [3.8, 4) is 11.5 Å². The molecule has 1 aromatic rings. The number of rotatable bonds is 6. The molecule has 0 aliphatic carbocycles. The smallest absolute Gasteiger partial charge is 0.145 e. The molecule has 1 heterocycles. The molecule has 0 atom stereocenters. The predicted molar refractivity (Wildman–Crippen MR) is 79.9 cm³/mol. The summed E-state index contributed by atoms with van der Waals surface area (Å²) in [5, 5.41) is 8.88. The van der Waals surface area contributed by atoms with Gasteiger partial charge in [-0.1, -0.05) is 0 Å². The molecule has 1 aromatic carbocycles. The highest BCUT2D eigenvalue weighted by Crippen LogP contribution is 2.32. The molecule has 112 valence electrons. The first-order valence-electron chi connectivity index (χ1n) is 7.08. The van der Waals surface area contributed by atoms with E-state index in [0.717, 1.165) is 56.3 Å². The fourth-order valence-electron chi connectivity index (χ4n) is 2.55. The van der Waals surface area contributed by atoms with Crippen LogP contribution in [0.3, 0.4) is 0 Å². The van der Waals surface area contributed by atoms with Crippen LogP contribution >= 0.6 is 0 Å². The van der Waals surface area contributed by atoms with Gasteiger partial charge in [0, 0.05) is 45.4 Å². The molecule has 5 heteroatoms. The predicted octanol–water partition coefficient (Wildman–Crippen LogP) is 1.21. The molecule has 0 saturated carbocycles. The number of methoxy groups -OCH3 is 2. The number of anilines is 1. The summed E-state index contributed by atoms with van der Waals surface area (Å²) >= 11 is 0. The van der Waals surface area contributed by atoms with Gasteiger partial charge >= 0.3 is 0 Å². The Morgan fingerprint density at radius 1 is 1.10 bits per heavy atom. The molecule has 1 N–H and O–H groups in total. The number of aliphatic hydroxyl groups excluding tert-OH is 1. The lowest BCUT2D eigenvalue weighted by Crippen LogP contribution is -2.46. The fourth-order valence-corrected chi connectivity index (χ4v) is 2.55. The van der Waals surface area contributed by atoms with Crippen molar-refractivity contribution in [3.63, 3.8) is 0 Å². The van der Waals surface area contributed by atoms with Crippen LogP contribution in [0.2, 0.25) is 0 Å². The lowest BCUT2D eigenvalue weighted by Gasteiger charge is -2.36. The van der Waals surface area contributed by atoms with Crippen LogP contribution in [0.4, 0.5) is 5.69 Å². The Morgan fingerprint density at radius 3 is 2.45 bits per heavy atom. The molecule has 20 heavy (non-hydrogen) atoms. The highest BCUT2D eigenvalue weighted by atomic mass is 16.5. The monoisotopic (exact) mass is 280 g/mol. The number of hydrogen-bond donors (Lipinski definition) is 1. The summed E-state index contributed by atoms with van der Waals surface area (Å²) in [6, 6.07) is 5.95. The van der Waals surface area contributed by atoms with E-state index in [4.69, 9.17) is 14.6 Å². The Balaban J connectivity index is 1.99. The lowest BCUT2D eigenvalue weighted by atomic mass is 10.2. The molecule has 1 aliphatic heterocycles. The van der Waals surface area contributed by atoms with E-state index in [-0.39, 0.29) is 6.61 Å². The van der Waals surface area contributed by atoms with Gasteiger partial charge in [0.25, 0.3) is 0 Å². The largest absolute Gasteiger partial charge is 0.497 e. The first-order chi connectivity index (χ1) is 9.78. The highest BCUT2D eigenvalue weighted by molar-refractivity contribution is 5.61. The average Bonchev–Trinajstić information content (AvgIpc) is 2.52. The van der Waals surface area contributed by atoms with E-state index in [2.05, 4.69) is 15.9 Å². The number of benzene rings is 1. The zero-order valence-corrected chi connectivity index (χ0v) is 12.3. The third kappa shape index (κ3) is 3.55. The third-order valence-corrected chi connectivity index (χ3v) is 3.73. The summed E-state index contributed by atoms with van der Waals surface area (Å²) < 4.78 is 10.7. The Hall–Kier alpha value is -1.46. The summed E-state index contributed by atoms with van der Waals surface area (Å²) in [5.41, 5.74) is 1.12. The first kappa shape index (κ1) is 14.9. The molecule has 0 bridgehead atoms. The fraction of sp³-hybridized carbons (Fsp3) is 0.600. The molecular formula is C15H24N2O3. The molecule has 0 unspecified atom stereocenters. The molecular weight excluding hydrogens is 256 g/mol. The Labute approximate surface area is 120 Å². The van der Waals surface area contributed by atoms with Gasteiger partial charge in [-0.3, -0.25) is 4.90 Å². The van der Waals surface area contributed by atoms with Gasteiger partial charge in [0.15, 0.2) is 0 Å². The average molecular weight is 280 g/mol. The van der Waals surface area contributed by atoms with Gasteiger partial charge in [0.05, 0.1) is 19.9 Å². The Bertz CT molecular complexity index is 418. The van der Waals surface area contributed by atoms with Gasteiger partial charge in [0.1, 0.15) is 11.5 Å². The standard InChI is InChI=1S/C15H24N2O3/c1-19-13-4-5-14(15(12-13)20-2)17-9-7-16(8-10-17)6-3-11-18/h4-5,12,18H,3,6-11H2,1-2H3. The van der Waals surface area contributed by atoms with E-state index in [1.165, 1.54) is 0 Å². The van der Waals surface area contributed by atoms with Crippen LogP contribution in [0.5, 0.6) is 11.5 Å². The highest BCUT2D eigenvalue weighted by Gasteiger charge is 2.19. The van der Waals surface area contributed by atoms with Crippen LogP contribution in [0.1, 0.15) is 6.42 Å². The topological polar surface area (TPSA) is 45.2 Å². The normalized spacial score (nSPS) is 16.2. The third-order valence-electron chi connectivity index (χ3n) is 3.73. The maximum Gasteiger partial charge on any atom is 0.145 e. The summed E-state index contributed by atoms with van der Waals surface area (Å²) in [6.45, 7) is 5.25. The van der Waals surface area contributed by atoms with Crippen LogP contribution in [-0.2, 0) is 0 Å². The second-order valence-corrected chi connectivity index (χ2v) is 4.94. The Kier molecular flexibility index (Phi) is 5.49. The minimum Gasteiger partial charge on any atom is -0.497 e. The molecule has 0 spiro atoms. The molecule has 1 saturated heterocycles. The summed E-state index contributed by atoms with van der Waals surface area (Å²) in [7, 11) is 3.35. The number of hydrogen-bond acceptors (Lipinski definition) is 5. The zero-order valence-electron chi connectivity index (χ0n) is 12.3. The van der Waals surface area contributed by atoms with Crippen LogP contribution in [-0.4, -0.2) is 63.6 Å². The van der Waals surface area contributed by atoms with Gasteiger partial charge in [0.2, 0.25) is 0 Å². The van der Waals surface area contributed by atoms with Gasteiger partial charge in [-0.25, -0.2) is 0 Å². The molecule has 0 aromatic heterocycles. The second-order valence-electron chi connectivity index (χ2n) is 4.94. The minimum absolute atomic E-state index is 0.270. The minimum atomic E-state index is 0.270. The number of aliphatic hydroxyl groups is 1. The van der Waals surface area contributed by atoms with E-state index < -0.39 is 0 Å². The number of ether oxygens (including phenoxy) is 2. The van der Waals surface area contributed by atoms with E-state index in [0.29, 0.717) is 0 Å². The zero-order chi connectivity index (χ0) is 14.4. The maximum absolute atomic E-state index is 8.88. The van der Waals surface area contributed by atoms with Crippen molar-refractivity contribution in [1.82, 2.24) is 4.90 Å². The quantitative estimate of drug-likeness (QED) is 0.848. The van der Waals surface area contributed by atoms with Crippen molar-refractivity contribution >= 4 is 5.69 Å². The molecule has 5 nitrogen and oxygen atoms in total. The molecule has 2 rings (SSSR count). The van der Waals surface area contributed by atoms with Crippen molar-refractivity contribution < 1.29 is 14.6 Å². The lowest BCUT2D eigenvalue weighted by molar-refractivity contribution is 0.215. The second kappa shape index (κ2) is 7.36. The maximum atomic E-state index is 8.88. The van der Waals surface area contributed by atoms with Gasteiger partial charge in [-0.15, -0.1) is 0 Å². The van der Waals surface area contributed by atoms with E-state index in [1.54, 1.807) is 14.2 Å². The SMILES string of the molecule is COc1ccc(N2CCN(CCCO)CC2)c(OC)c1.